The van der Waals surface area contributed by atoms with Crippen molar-refractivity contribution < 1.29 is 14.8 Å². The molecule has 5 heteroatoms. The molecule has 0 radical (unpaired) electrons. The first kappa shape index (κ1) is 18.5. The van der Waals surface area contributed by atoms with E-state index in [0.29, 0.717) is 5.56 Å². The van der Waals surface area contributed by atoms with Gasteiger partial charge in [0.05, 0.1) is 6.04 Å². The van der Waals surface area contributed by atoms with E-state index in [0.717, 1.165) is 42.6 Å². The Labute approximate surface area is 160 Å². The summed E-state index contributed by atoms with van der Waals surface area (Å²) >= 11 is 0. The fraction of sp³-hybridized carbons (Fsp3) is 0.636. The number of amides is 2. The second kappa shape index (κ2) is 6.93. The molecule has 0 aliphatic heterocycles. The standard InChI is InChI=1S/C22H30N2O3/c1-13(2)19(17-3-5-18(6-4-17)20(25)24-27)23-21(26)22-10-14-7-15(11-22)9-16(8-14)12-22/h3-6,13-16,19,27H,7-12H2,1-2H3,(H,23,26)(H,24,25)/t14?,15?,16?,19-,22?/m0/s1. The average molecular weight is 370 g/mol. The Balaban J connectivity index is 1.52. The van der Waals surface area contributed by atoms with Crippen LogP contribution in [0.25, 0.3) is 0 Å². The molecular weight excluding hydrogens is 340 g/mol. The molecule has 146 valence electrons. The van der Waals surface area contributed by atoms with Gasteiger partial charge in [-0.3, -0.25) is 14.8 Å². The van der Waals surface area contributed by atoms with E-state index in [1.54, 1.807) is 17.6 Å². The quantitative estimate of drug-likeness (QED) is 0.544. The van der Waals surface area contributed by atoms with Crippen molar-refractivity contribution >= 4 is 11.8 Å². The second-order valence-corrected chi connectivity index (χ2v) is 9.46. The Kier molecular flexibility index (Phi) is 4.75. The van der Waals surface area contributed by atoms with E-state index in [1.165, 1.54) is 19.3 Å². The van der Waals surface area contributed by atoms with E-state index in [4.69, 9.17) is 5.21 Å². The summed E-state index contributed by atoms with van der Waals surface area (Å²) in [6, 6.07) is 7.04. The first-order valence-corrected chi connectivity index (χ1v) is 10.3. The number of hydrogen-bond donors (Lipinski definition) is 3. The van der Waals surface area contributed by atoms with Crippen LogP contribution in [0.15, 0.2) is 24.3 Å². The number of carbonyl (C=O) groups excluding carboxylic acids is 2. The highest BCUT2D eigenvalue weighted by atomic mass is 16.5. The van der Waals surface area contributed by atoms with Gasteiger partial charge in [-0.05, 0) is 79.9 Å². The van der Waals surface area contributed by atoms with Crippen LogP contribution in [-0.4, -0.2) is 17.0 Å². The molecule has 0 heterocycles. The van der Waals surface area contributed by atoms with Gasteiger partial charge >= 0.3 is 0 Å². The molecule has 5 rings (SSSR count). The lowest BCUT2D eigenvalue weighted by Crippen LogP contribution is -2.54. The summed E-state index contributed by atoms with van der Waals surface area (Å²) in [6.07, 6.45) is 7.17. The molecule has 0 saturated heterocycles. The van der Waals surface area contributed by atoms with Crippen LogP contribution in [0.4, 0.5) is 0 Å². The Hall–Kier alpha value is -1.88. The number of carbonyl (C=O) groups is 2. The van der Waals surface area contributed by atoms with Gasteiger partial charge in [0.2, 0.25) is 5.91 Å². The van der Waals surface area contributed by atoms with Gasteiger partial charge in [0.25, 0.3) is 5.91 Å². The van der Waals surface area contributed by atoms with E-state index in [9.17, 15) is 9.59 Å². The summed E-state index contributed by atoms with van der Waals surface area (Å²) < 4.78 is 0. The summed E-state index contributed by atoms with van der Waals surface area (Å²) in [6.45, 7) is 4.22. The zero-order valence-electron chi connectivity index (χ0n) is 16.2. The molecule has 4 saturated carbocycles. The van der Waals surface area contributed by atoms with Gasteiger partial charge in [0.15, 0.2) is 0 Å². The number of hydrogen-bond acceptors (Lipinski definition) is 3. The van der Waals surface area contributed by atoms with Crippen LogP contribution >= 0.6 is 0 Å². The minimum Gasteiger partial charge on any atom is -0.349 e. The number of nitrogens with one attached hydrogen (secondary N) is 2. The van der Waals surface area contributed by atoms with Crippen molar-refractivity contribution in [2.75, 3.05) is 0 Å². The first-order valence-electron chi connectivity index (χ1n) is 10.3. The SMILES string of the molecule is CC(C)[C@H](NC(=O)C12CC3CC(CC(C3)C1)C2)c1ccc(C(=O)NO)cc1. The monoisotopic (exact) mass is 370 g/mol. The van der Waals surface area contributed by atoms with Gasteiger partial charge in [-0.25, -0.2) is 5.48 Å². The third-order valence-corrected chi connectivity index (χ3v) is 7.11. The van der Waals surface area contributed by atoms with Gasteiger partial charge in [-0.2, -0.15) is 0 Å². The molecule has 4 bridgehead atoms. The van der Waals surface area contributed by atoms with Crippen molar-refractivity contribution in [1.82, 2.24) is 10.8 Å². The van der Waals surface area contributed by atoms with Gasteiger partial charge in [-0.15, -0.1) is 0 Å². The number of benzene rings is 1. The van der Waals surface area contributed by atoms with Gasteiger partial charge in [-0.1, -0.05) is 26.0 Å². The van der Waals surface area contributed by atoms with Gasteiger partial charge in [0, 0.05) is 11.0 Å². The maximum absolute atomic E-state index is 13.4. The molecule has 1 aromatic carbocycles. The van der Waals surface area contributed by atoms with E-state index in [1.807, 2.05) is 12.1 Å². The Morgan fingerprint density at radius 1 is 1.00 bits per heavy atom. The molecule has 1 aromatic rings. The zero-order chi connectivity index (χ0) is 19.2. The lowest BCUT2D eigenvalue weighted by molar-refractivity contribution is -0.147. The maximum atomic E-state index is 13.4. The van der Waals surface area contributed by atoms with Crippen molar-refractivity contribution in [1.29, 1.82) is 0 Å². The van der Waals surface area contributed by atoms with E-state index in [-0.39, 0.29) is 23.3 Å². The maximum Gasteiger partial charge on any atom is 0.274 e. The highest BCUT2D eigenvalue weighted by Crippen LogP contribution is 2.60. The lowest BCUT2D eigenvalue weighted by atomic mass is 9.49. The highest BCUT2D eigenvalue weighted by molar-refractivity contribution is 5.93. The fourth-order valence-electron chi connectivity index (χ4n) is 6.22. The molecule has 4 aliphatic rings. The summed E-state index contributed by atoms with van der Waals surface area (Å²) in [5, 5.41) is 12.1. The molecule has 1 atom stereocenters. The van der Waals surface area contributed by atoms with Crippen molar-refractivity contribution in [3.05, 3.63) is 35.4 Å². The van der Waals surface area contributed by atoms with E-state index >= 15 is 0 Å². The van der Waals surface area contributed by atoms with Gasteiger partial charge < -0.3 is 5.32 Å². The third kappa shape index (κ3) is 3.38. The van der Waals surface area contributed by atoms with Gasteiger partial charge in [0.1, 0.15) is 0 Å². The van der Waals surface area contributed by atoms with Crippen LogP contribution in [0.2, 0.25) is 0 Å². The van der Waals surface area contributed by atoms with E-state index < -0.39 is 5.91 Å². The van der Waals surface area contributed by atoms with Crippen LogP contribution in [0, 0.1) is 29.1 Å². The largest absolute Gasteiger partial charge is 0.349 e. The van der Waals surface area contributed by atoms with Crippen LogP contribution in [0.5, 0.6) is 0 Å². The Morgan fingerprint density at radius 3 is 1.96 bits per heavy atom. The normalized spacial score (nSPS) is 32.4. The number of hydroxylamine groups is 1. The molecule has 0 spiro atoms. The van der Waals surface area contributed by atoms with Crippen LogP contribution < -0.4 is 10.8 Å². The molecule has 5 nitrogen and oxygen atoms in total. The fourth-order valence-corrected chi connectivity index (χ4v) is 6.22. The lowest BCUT2D eigenvalue weighted by Gasteiger charge is -2.56. The second-order valence-electron chi connectivity index (χ2n) is 9.46. The topological polar surface area (TPSA) is 78.4 Å². The first-order chi connectivity index (χ1) is 12.9. The molecule has 27 heavy (non-hydrogen) atoms. The van der Waals surface area contributed by atoms with Crippen molar-refractivity contribution in [3.63, 3.8) is 0 Å². The predicted molar refractivity (Wildman–Crippen MR) is 102 cm³/mol. The van der Waals surface area contributed by atoms with Crippen molar-refractivity contribution in [3.8, 4) is 0 Å². The van der Waals surface area contributed by atoms with Crippen LogP contribution in [0.1, 0.15) is 74.3 Å². The summed E-state index contributed by atoms with van der Waals surface area (Å²) in [5.74, 6) is 2.19. The van der Waals surface area contributed by atoms with Crippen molar-refractivity contribution in [2.24, 2.45) is 29.1 Å². The van der Waals surface area contributed by atoms with E-state index in [2.05, 4.69) is 19.2 Å². The molecule has 3 N–H and O–H groups in total. The van der Waals surface area contributed by atoms with Crippen LogP contribution in [0.3, 0.4) is 0 Å². The molecule has 0 unspecified atom stereocenters. The average Bonchev–Trinajstić information content (AvgIpc) is 2.64. The smallest absolute Gasteiger partial charge is 0.274 e. The summed E-state index contributed by atoms with van der Waals surface area (Å²) in [4.78, 5) is 24.9. The Bertz CT molecular complexity index is 690. The Morgan fingerprint density at radius 2 is 1.52 bits per heavy atom. The predicted octanol–water partition coefficient (Wildman–Crippen LogP) is 3.84. The zero-order valence-corrected chi connectivity index (χ0v) is 16.2. The summed E-state index contributed by atoms with van der Waals surface area (Å²) in [7, 11) is 0. The van der Waals surface area contributed by atoms with Crippen LogP contribution in [-0.2, 0) is 4.79 Å². The molecule has 2 amide bonds. The van der Waals surface area contributed by atoms with Crippen molar-refractivity contribution in [2.45, 2.75) is 58.4 Å². The highest BCUT2D eigenvalue weighted by Gasteiger charge is 2.54. The molecule has 0 aromatic heterocycles. The summed E-state index contributed by atoms with van der Waals surface area (Å²) in [5.41, 5.74) is 2.89. The third-order valence-electron chi connectivity index (χ3n) is 7.11. The molecule has 4 aliphatic carbocycles. The minimum absolute atomic E-state index is 0.0725. The molecule has 4 fully saturated rings. The molecular formula is C22H30N2O3. The number of rotatable bonds is 5. The minimum atomic E-state index is -0.528.